The first kappa shape index (κ1) is 27.9. The molecule has 0 spiro atoms. The molecule has 11 heteroatoms. The van der Waals surface area contributed by atoms with Gasteiger partial charge in [-0.25, -0.2) is 0 Å². The number of carbonyl (C=O) groups excluding carboxylic acids is 3. The van der Waals surface area contributed by atoms with Crippen molar-refractivity contribution in [3.63, 3.8) is 0 Å². The third kappa shape index (κ3) is 6.25. The van der Waals surface area contributed by atoms with Crippen molar-refractivity contribution in [2.75, 3.05) is 19.7 Å². The van der Waals surface area contributed by atoms with Crippen LogP contribution in [0, 0.1) is 10.1 Å². The Morgan fingerprint density at radius 3 is 2.56 bits per heavy atom. The summed E-state index contributed by atoms with van der Waals surface area (Å²) in [5.74, 6) is -0.0362. The monoisotopic (exact) mass is 573 g/mol. The summed E-state index contributed by atoms with van der Waals surface area (Å²) in [4.78, 5) is 52.5. The van der Waals surface area contributed by atoms with Crippen LogP contribution < -0.4 is 9.47 Å². The van der Waals surface area contributed by atoms with Crippen LogP contribution in [0.25, 0.3) is 6.08 Å². The minimum atomic E-state index is -0.527. The summed E-state index contributed by atoms with van der Waals surface area (Å²) in [5.41, 5.74) is 3.24. The zero-order valence-corrected chi connectivity index (χ0v) is 23.1. The molecule has 10 nitrogen and oxygen atoms in total. The van der Waals surface area contributed by atoms with Crippen molar-refractivity contribution in [3.8, 4) is 11.5 Å². The Balaban J connectivity index is 1.27. The zero-order chi connectivity index (χ0) is 28.9. The van der Waals surface area contributed by atoms with Crippen LogP contribution in [0.3, 0.4) is 0 Å². The lowest BCUT2D eigenvalue weighted by Crippen LogP contribution is -2.44. The van der Waals surface area contributed by atoms with Crippen LogP contribution in [0.2, 0.25) is 0 Å². The first-order chi connectivity index (χ1) is 19.8. The summed E-state index contributed by atoms with van der Waals surface area (Å²) in [6.45, 7) is 2.78. The fraction of sp³-hybridized carbons (Fsp3) is 0.233. The molecule has 1 fully saturated rings. The van der Waals surface area contributed by atoms with Gasteiger partial charge in [0, 0.05) is 19.2 Å². The van der Waals surface area contributed by atoms with Crippen molar-refractivity contribution >= 4 is 40.6 Å². The van der Waals surface area contributed by atoms with Crippen molar-refractivity contribution in [2.45, 2.75) is 26.5 Å². The average molecular weight is 574 g/mol. The molecule has 41 heavy (non-hydrogen) atoms. The Bertz CT molecular complexity index is 1550. The fourth-order valence-electron chi connectivity index (χ4n) is 4.70. The number of thioether (sulfide) groups is 1. The quantitative estimate of drug-likeness (QED) is 0.195. The molecule has 2 aliphatic rings. The minimum Gasteiger partial charge on any atom is -0.490 e. The highest BCUT2D eigenvalue weighted by molar-refractivity contribution is 8.18. The van der Waals surface area contributed by atoms with Crippen LogP contribution in [-0.2, 0) is 29.2 Å². The van der Waals surface area contributed by atoms with E-state index in [0.29, 0.717) is 42.3 Å². The third-order valence-electron chi connectivity index (χ3n) is 6.79. The number of nitrogens with zero attached hydrogens (tertiary/aromatic N) is 3. The number of imide groups is 1. The highest BCUT2D eigenvalue weighted by Crippen LogP contribution is 2.35. The average Bonchev–Trinajstić information content (AvgIpc) is 3.23. The van der Waals surface area contributed by atoms with Gasteiger partial charge in [0.25, 0.3) is 16.8 Å². The summed E-state index contributed by atoms with van der Waals surface area (Å²) >= 11 is 0.781. The predicted molar refractivity (Wildman–Crippen MR) is 153 cm³/mol. The molecule has 3 amide bonds. The number of benzene rings is 3. The van der Waals surface area contributed by atoms with Crippen molar-refractivity contribution in [2.24, 2.45) is 0 Å². The molecule has 1 saturated heterocycles. The standard InChI is InChI=1S/C30H27N3O7S/c1-2-39-26-15-20(11-12-25(26)40-19-23-9-5-6-10-24(23)33(37)38)16-27-29(35)32(30(36)41-27)18-28(34)31-14-13-21-7-3-4-8-22(21)17-31/h3-12,15-16H,2,13-14,17-19H2,1H3/b27-16+. The van der Waals surface area contributed by atoms with Gasteiger partial charge in [-0.1, -0.05) is 42.5 Å². The lowest BCUT2D eigenvalue weighted by molar-refractivity contribution is -0.385. The maximum absolute atomic E-state index is 13.1. The van der Waals surface area contributed by atoms with Crippen LogP contribution in [0.1, 0.15) is 29.2 Å². The second kappa shape index (κ2) is 12.3. The molecular weight excluding hydrogens is 546 g/mol. The first-order valence-electron chi connectivity index (χ1n) is 13.1. The molecule has 210 valence electrons. The number of amides is 3. The van der Waals surface area contributed by atoms with Gasteiger partial charge in [-0.15, -0.1) is 0 Å². The van der Waals surface area contributed by atoms with E-state index in [-0.39, 0.29) is 29.7 Å². The van der Waals surface area contributed by atoms with Crippen LogP contribution in [0.4, 0.5) is 10.5 Å². The highest BCUT2D eigenvalue weighted by atomic mass is 32.2. The molecule has 0 aromatic heterocycles. The van der Waals surface area contributed by atoms with E-state index in [0.717, 1.165) is 28.6 Å². The second-order valence-electron chi connectivity index (χ2n) is 9.42. The maximum Gasteiger partial charge on any atom is 0.294 e. The number of hydrogen-bond acceptors (Lipinski definition) is 8. The smallest absolute Gasteiger partial charge is 0.294 e. The van der Waals surface area contributed by atoms with Crippen molar-refractivity contribution in [1.29, 1.82) is 0 Å². The van der Waals surface area contributed by atoms with Crippen LogP contribution in [0.5, 0.6) is 11.5 Å². The van der Waals surface area contributed by atoms with Gasteiger partial charge in [0.15, 0.2) is 11.5 Å². The number of hydrogen-bond donors (Lipinski definition) is 0. The van der Waals surface area contributed by atoms with Crippen LogP contribution in [-0.4, -0.2) is 51.5 Å². The largest absolute Gasteiger partial charge is 0.490 e. The zero-order valence-electron chi connectivity index (χ0n) is 22.3. The molecule has 5 rings (SSSR count). The number of nitro groups is 1. The molecule has 0 aliphatic carbocycles. The molecule has 0 saturated carbocycles. The molecule has 3 aromatic carbocycles. The summed E-state index contributed by atoms with van der Waals surface area (Å²) in [6, 6.07) is 19.3. The molecule has 0 radical (unpaired) electrons. The lowest BCUT2D eigenvalue weighted by Gasteiger charge is -2.29. The van der Waals surface area contributed by atoms with E-state index in [1.54, 1.807) is 47.4 Å². The SMILES string of the molecule is CCOc1cc(/C=C2/SC(=O)N(CC(=O)N3CCc4ccccc4C3)C2=O)ccc1OCc1ccccc1[N+](=O)[O-]. The molecule has 2 heterocycles. The molecular formula is C30H27N3O7S. The van der Waals surface area contributed by atoms with E-state index in [1.165, 1.54) is 11.6 Å². The predicted octanol–water partition coefficient (Wildman–Crippen LogP) is 5.19. The van der Waals surface area contributed by atoms with E-state index in [2.05, 4.69) is 0 Å². The Kier molecular flexibility index (Phi) is 8.34. The van der Waals surface area contributed by atoms with E-state index in [9.17, 15) is 24.5 Å². The molecule has 0 unspecified atom stereocenters. The van der Waals surface area contributed by atoms with E-state index >= 15 is 0 Å². The van der Waals surface area contributed by atoms with Crippen LogP contribution >= 0.6 is 11.8 Å². The molecule has 0 bridgehead atoms. The minimum absolute atomic E-state index is 0.0356. The number of nitro benzene ring substituents is 1. The molecule has 3 aromatic rings. The van der Waals surface area contributed by atoms with Gasteiger partial charge in [0.05, 0.1) is 22.0 Å². The number of rotatable bonds is 9. The number of carbonyl (C=O) groups is 3. The fourth-order valence-corrected chi connectivity index (χ4v) is 5.54. The van der Waals surface area contributed by atoms with Gasteiger partial charge in [-0.05, 0) is 66.1 Å². The van der Waals surface area contributed by atoms with E-state index < -0.39 is 16.1 Å². The van der Waals surface area contributed by atoms with Gasteiger partial charge in [0.1, 0.15) is 13.2 Å². The molecule has 0 atom stereocenters. The Hall–Kier alpha value is -4.64. The van der Waals surface area contributed by atoms with Gasteiger partial charge in [0.2, 0.25) is 5.91 Å². The van der Waals surface area contributed by atoms with Crippen LogP contribution in [0.15, 0.2) is 71.6 Å². The number of fused-ring (bicyclic) bond motifs is 1. The summed E-state index contributed by atoms with van der Waals surface area (Å²) in [7, 11) is 0. The van der Waals surface area contributed by atoms with Crippen molar-refractivity contribution < 1.29 is 28.8 Å². The van der Waals surface area contributed by atoms with Crippen molar-refractivity contribution in [3.05, 3.63) is 104 Å². The second-order valence-corrected chi connectivity index (χ2v) is 10.4. The van der Waals surface area contributed by atoms with E-state index in [1.807, 2.05) is 31.2 Å². The van der Waals surface area contributed by atoms with Gasteiger partial charge >= 0.3 is 0 Å². The Morgan fingerprint density at radius 1 is 1.02 bits per heavy atom. The molecule has 2 aliphatic heterocycles. The third-order valence-corrected chi connectivity index (χ3v) is 7.69. The number of ether oxygens (including phenoxy) is 2. The summed E-state index contributed by atoms with van der Waals surface area (Å²) < 4.78 is 11.6. The Labute approximate surface area is 240 Å². The first-order valence-corrected chi connectivity index (χ1v) is 13.9. The van der Waals surface area contributed by atoms with E-state index in [4.69, 9.17) is 9.47 Å². The van der Waals surface area contributed by atoms with Gasteiger partial charge < -0.3 is 14.4 Å². The normalized spacial score (nSPS) is 15.7. The van der Waals surface area contributed by atoms with Crippen molar-refractivity contribution in [1.82, 2.24) is 9.80 Å². The summed E-state index contributed by atoms with van der Waals surface area (Å²) in [6.07, 6.45) is 2.30. The highest BCUT2D eigenvalue weighted by Gasteiger charge is 2.37. The van der Waals surface area contributed by atoms with Gasteiger partial charge in [-0.3, -0.25) is 29.4 Å². The van der Waals surface area contributed by atoms with Gasteiger partial charge in [-0.2, -0.15) is 0 Å². The topological polar surface area (TPSA) is 119 Å². The number of para-hydroxylation sites is 1. The lowest BCUT2D eigenvalue weighted by atomic mass is 10.00. The summed E-state index contributed by atoms with van der Waals surface area (Å²) in [5, 5.41) is 10.8. The Morgan fingerprint density at radius 2 is 1.78 bits per heavy atom. The molecule has 0 N–H and O–H groups in total. The maximum atomic E-state index is 13.1.